The van der Waals surface area contributed by atoms with E-state index >= 15 is 0 Å². The molecule has 0 bridgehead atoms. The zero-order valence-corrected chi connectivity index (χ0v) is 18.2. The Morgan fingerprint density at radius 2 is 1.62 bits per heavy atom. The summed E-state index contributed by atoms with van der Waals surface area (Å²) in [6.07, 6.45) is 0.117. The highest BCUT2D eigenvalue weighted by atomic mass is 35.5. The number of hydrogen-bond acceptors (Lipinski definition) is 6. The lowest BCUT2D eigenvalue weighted by Crippen LogP contribution is -2.41. The largest absolute Gasteiger partial charge is 0.494 e. The van der Waals surface area contributed by atoms with Gasteiger partial charge in [-0.2, -0.15) is 0 Å². The van der Waals surface area contributed by atoms with Crippen LogP contribution in [0.25, 0.3) is 0 Å². The highest BCUT2D eigenvalue weighted by Gasteiger charge is 2.12. The van der Waals surface area contributed by atoms with Crippen molar-refractivity contribution in [2.75, 3.05) is 18.5 Å². The molecule has 0 aromatic heterocycles. The number of amides is 3. The molecule has 0 unspecified atom stereocenters. The van der Waals surface area contributed by atoms with Gasteiger partial charge in [0.1, 0.15) is 5.75 Å². The fourth-order valence-electron chi connectivity index (χ4n) is 2.51. The van der Waals surface area contributed by atoms with Crippen molar-refractivity contribution in [1.29, 1.82) is 0 Å². The van der Waals surface area contributed by atoms with Crippen LogP contribution in [0.4, 0.5) is 5.69 Å². The van der Waals surface area contributed by atoms with Gasteiger partial charge in [-0.05, 0) is 49.7 Å². The first-order valence-electron chi connectivity index (χ1n) is 9.91. The maximum Gasteiger partial charge on any atom is 0.306 e. The molecule has 3 N–H and O–H groups in total. The molecule has 0 saturated carbocycles. The van der Waals surface area contributed by atoms with E-state index in [1.807, 2.05) is 6.92 Å². The fourth-order valence-corrected chi connectivity index (χ4v) is 2.73. The molecule has 32 heavy (non-hydrogen) atoms. The summed E-state index contributed by atoms with van der Waals surface area (Å²) < 4.78 is 10.2. The maximum absolute atomic E-state index is 11.9. The van der Waals surface area contributed by atoms with Crippen LogP contribution < -0.4 is 20.9 Å². The van der Waals surface area contributed by atoms with Crippen LogP contribution in [0.2, 0.25) is 5.02 Å². The van der Waals surface area contributed by atoms with Gasteiger partial charge < -0.3 is 14.8 Å². The van der Waals surface area contributed by atoms with E-state index in [1.54, 1.807) is 42.5 Å². The third-order valence-electron chi connectivity index (χ3n) is 4.03. The van der Waals surface area contributed by atoms with E-state index in [0.29, 0.717) is 18.0 Å². The predicted octanol–water partition coefficient (Wildman–Crippen LogP) is 2.85. The Bertz CT molecular complexity index is 949. The molecule has 9 nitrogen and oxygen atoms in total. The van der Waals surface area contributed by atoms with Gasteiger partial charge >= 0.3 is 5.97 Å². The molecule has 10 heteroatoms. The summed E-state index contributed by atoms with van der Waals surface area (Å²) in [5.74, 6) is -1.44. The standard InChI is InChI=1S/C22H24ClN3O6/c1-2-31-16-12-10-15(11-13-16)24-20(28)14-32-21(29)9-5-8-19(27)25-26-22(30)17-6-3-4-7-18(17)23/h3-4,6-7,10-13H,2,5,8-9,14H2,1H3,(H,24,28)(H,25,27)(H,26,30). The lowest BCUT2D eigenvalue weighted by atomic mass is 10.2. The van der Waals surface area contributed by atoms with Crippen molar-refractivity contribution in [2.24, 2.45) is 0 Å². The third kappa shape index (κ3) is 8.65. The van der Waals surface area contributed by atoms with Crippen LogP contribution in [0.3, 0.4) is 0 Å². The number of carbonyl (C=O) groups is 4. The number of rotatable bonds is 10. The van der Waals surface area contributed by atoms with E-state index < -0.39 is 30.3 Å². The first-order chi connectivity index (χ1) is 15.4. The average molecular weight is 462 g/mol. The number of anilines is 1. The molecule has 0 atom stereocenters. The summed E-state index contributed by atoms with van der Waals surface area (Å²) in [5.41, 5.74) is 5.27. The van der Waals surface area contributed by atoms with E-state index in [1.165, 1.54) is 6.07 Å². The Labute approximate surface area is 190 Å². The quantitative estimate of drug-likeness (QED) is 0.369. The third-order valence-corrected chi connectivity index (χ3v) is 4.36. The number of nitrogens with one attached hydrogen (secondary N) is 3. The number of hydrogen-bond donors (Lipinski definition) is 3. The minimum absolute atomic E-state index is 0.0176. The van der Waals surface area contributed by atoms with Crippen molar-refractivity contribution in [1.82, 2.24) is 10.9 Å². The molecule has 0 heterocycles. The molecule has 0 radical (unpaired) electrons. The van der Waals surface area contributed by atoms with Crippen molar-refractivity contribution in [3.8, 4) is 5.75 Å². The Morgan fingerprint density at radius 3 is 2.31 bits per heavy atom. The van der Waals surface area contributed by atoms with Crippen LogP contribution in [0, 0.1) is 0 Å². The maximum atomic E-state index is 11.9. The second-order valence-electron chi connectivity index (χ2n) is 6.50. The molecule has 0 aliphatic rings. The Kier molecular flexibility index (Phi) is 9.99. The molecule has 0 spiro atoms. The minimum Gasteiger partial charge on any atom is -0.494 e. The van der Waals surface area contributed by atoms with Crippen LogP contribution in [0.1, 0.15) is 36.5 Å². The number of halogens is 1. The fraction of sp³-hybridized carbons (Fsp3) is 0.273. The highest BCUT2D eigenvalue weighted by molar-refractivity contribution is 6.33. The van der Waals surface area contributed by atoms with Crippen molar-refractivity contribution in [3.05, 3.63) is 59.1 Å². The Balaban J connectivity index is 1.60. The first kappa shape index (κ1) is 24.7. The van der Waals surface area contributed by atoms with Gasteiger partial charge in [-0.1, -0.05) is 23.7 Å². The summed E-state index contributed by atoms with van der Waals surface area (Å²) >= 11 is 5.91. The highest BCUT2D eigenvalue weighted by Crippen LogP contribution is 2.16. The molecule has 2 rings (SSSR count). The molecular formula is C22H24ClN3O6. The molecule has 2 aromatic rings. The smallest absolute Gasteiger partial charge is 0.306 e. The van der Waals surface area contributed by atoms with Gasteiger partial charge in [-0.25, -0.2) is 0 Å². The van der Waals surface area contributed by atoms with E-state index in [9.17, 15) is 19.2 Å². The summed E-state index contributed by atoms with van der Waals surface area (Å²) in [7, 11) is 0. The van der Waals surface area contributed by atoms with Gasteiger partial charge in [-0.3, -0.25) is 30.0 Å². The summed E-state index contributed by atoms with van der Waals surface area (Å²) in [6, 6.07) is 13.2. The number of carbonyl (C=O) groups excluding carboxylic acids is 4. The minimum atomic E-state index is -0.611. The Morgan fingerprint density at radius 1 is 0.906 bits per heavy atom. The van der Waals surface area contributed by atoms with Gasteiger partial charge in [0.2, 0.25) is 5.91 Å². The molecule has 0 aliphatic heterocycles. The van der Waals surface area contributed by atoms with E-state index in [4.69, 9.17) is 21.1 Å². The zero-order chi connectivity index (χ0) is 23.3. The summed E-state index contributed by atoms with van der Waals surface area (Å²) in [6.45, 7) is 1.98. The normalized spacial score (nSPS) is 10.1. The van der Waals surface area contributed by atoms with Gasteiger partial charge in [-0.15, -0.1) is 0 Å². The Hall–Kier alpha value is -3.59. The van der Waals surface area contributed by atoms with Crippen LogP contribution in [0.15, 0.2) is 48.5 Å². The van der Waals surface area contributed by atoms with Crippen molar-refractivity contribution >= 4 is 41.0 Å². The number of esters is 1. The summed E-state index contributed by atoms with van der Waals surface area (Å²) in [4.78, 5) is 47.4. The predicted molar refractivity (Wildman–Crippen MR) is 118 cm³/mol. The second-order valence-corrected chi connectivity index (χ2v) is 6.91. The SMILES string of the molecule is CCOc1ccc(NC(=O)COC(=O)CCCC(=O)NNC(=O)c2ccccc2Cl)cc1. The van der Waals surface area contributed by atoms with Crippen molar-refractivity contribution in [3.63, 3.8) is 0 Å². The number of benzene rings is 2. The molecule has 0 aliphatic carbocycles. The van der Waals surface area contributed by atoms with Gasteiger partial charge in [0.15, 0.2) is 6.61 Å². The van der Waals surface area contributed by atoms with Gasteiger partial charge in [0, 0.05) is 18.5 Å². The lowest BCUT2D eigenvalue weighted by molar-refractivity contribution is -0.147. The zero-order valence-electron chi connectivity index (χ0n) is 17.5. The van der Waals surface area contributed by atoms with Gasteiger partial charge in [0.05, 0.1) is 17.2 Å². The van der Waals surface area contributed by atoms with Crippen LogP contribution in [-0.4, -0.2) is 36.9 Å². The monoisotopic (exact) mass is 461 g/mol. The lowest BCUT2D eigenvalue weighted by Gasteiger charge is -2.09. The number of hydrazine groups is 1. The summed E-state index contributed by atoms with van der Waals surface area (Å²) in [5, 5.41) is 2.86. The molecule has 0 fully saturated rings. The average Bonchev–Trinajstić information content (AvgIpc) is 2.78. The topological polar surface area (TPSA) is 123 Å². The molecule has 3 amide bonds. The number of ether oxygens (including phenoxy) is 2. The van der Waals surface area contributed by atoms with E-state index in [0.717, 1.165) is 0 Å². The van der Waals surface area contributed by atoms with Crippen LogP contribution in [0.5, 0.6) is 5.75 Å². The first-order valence-corrected chi connectivity index (χ1v) is 10.3. The molecular weight excluding hydrogens is 438 g/mol. The van der Waals surface area contributed by atoms with Gasteiger partial charge in [0.25, 0.3) is 11.8 Å². The van der Waals surface area contributed by atoms with E-state index in [2.05, 4.69) is 16.2 Å². The molecule has 170 valence electrons. The van der Waals surface area contributed by atoms with E-state index in [-0.39, 0.29) is 29.8 Å². The molecule has 2 aromatic carbocycles. The van der Waals surface area contributed by atoms with Crippen molar-refractivity contribution < 1.29 is 28.7 Å². The van der Waals surface area contributed by atoms with Crippen LogP contribution in [-0.2, 0) is 19.1 Å². The van der Waals surface area contributed by atoms with Crippen molar-refractivity contribution in [2.45, 2.75) is 26.2 Å². The second kappa shape index (κ2) is 13.0. The molecule has 0 saturated heterocycles. The van der Waals surface area contributed by atoms with Crippen LogP contribution >= 0.6 is 11.6 Å².